The van der Waals surface area contributed by atoms with Crippen molar-refractivity contribution < 1.29 is 4.39 Å². The van der Waals surface area contributed by atoms with Gasteiger partial charge in [0.05, 0.1) is 16.9 Å². The van der Waals surface area contributed by atoms with Crippen molar-refractivity contribution in [3.8, 4) is 6.07 Å². The number of aromatic nitrogens is 2. The lowest BCUT2D eigenvalue weighted by molar-refractivity contribution is 0.593. The Balaban J connectivity index is 2.51. The van der Waals surface area contributed by atoms with Crippen LogP contribution in [-0.4, -0.2) is 17.0 Å². The van der Waals surface area contributed by atoms with Gasteiger partial charge < -0.3 is 4.90 Å². The maximum Gasteiger partial charge on any atom is 0.187 e. The highest BCUT2D eigenvalue weighted by atomic mass is 19.1. The smallest absolute Gasteiger partial charge is 0.187 e. The summed E-state index contributed by atoms with van der Waals surface area (Å²) >= 11 is 0. The van der Waals surface area contributed by atoms with Gasteiger partial charge in [0.25, 0.3) is 0 Å². The highest BCUT2D eigenvalue weighted by Crippen LogP contribution is 2.27. The lowest BCUT2D eigenvalue weighted by Gasteiger charge is -2.20. The van der Waals surface area contributed by atoms with E-state index in [-0.39, 0.29) is 5.82 Å². The van der Waals surface area contributed by atoms with Crippen molar-refractivity contribution in [3.05, 3.63) is 47.7 Å². The van der Waals surface area contributed by atoms with Crippen LogP contribution in [0.15, 0.2) is 30.6 Å². The summed E-state index contributed by atoms with van der Waals surface area (Å²) in [7, 11) is 1.68. The third kappa shape index (κ3) is 2.38. The van der Waals surface area contributed by atoms with E-state index >= 15 is 0 Å². The number of anilines is 2. The second-order valence-electron chi connectivity index (χ2n) is 4.00. The first kappa shape index (κ1) is 13.0. The highest BCUT2D eigenvalue weighted by Gasteiger charge is 2.16. The van der Waals surface area contributed by atoms with Crippen molar-refractivity contribution >= 4 is 11.5 Å². The van der Waals surface area contributed by atoms with E-state index < -0.39 is 5.82 Å². The van der Waals surface area contributed by atoms with Crippen molar-refractivity contribution in [2.24, 2.45) is 0 Å². The Morgan fingerprint density at radius 3 is 2.74 bits per heavy atom. The Bertz CT molecular complexity index is 634. The Kier molecular flexibility index (Phi) is 3.71. The van der Waals surface area contributed by atoms with Crippen LogP contribution < -0.4 is 4.90 Å². The Hall–Kier alpha value is -2.48. The topological polar surface area (TPSA) is 52.8 Å². The molecule has 0 spiro atoms. The van der Waals surface area contributed by atoms with E-state index in [2.05, 4.69) is 16.0 Å². The second kappa shape index (κ2) is 5.44. The van der Waals surface area contributed by atoms with E-state index in [1.54, 1.807) is 36.2 Å². The van der Waals surface area contributed by atoms with Gasteiger partial charge in [0.1, 0.15) is 12.4 Å². The van der Waals surface area contributed by atoms with Crippen LogP contribution in [0.2, 0.25) is 0 Å². The van der Waals surface area contributed by atoms with Gasteiger partial charge >= 0.3 is 0 Å². The van der Waals surface area contributed by atoms with E-state index in [4.69, 9.17) is 5.26 Å². The first-order valence-electron chi connectivity index (χ1n) is 5.91. The van der Waals surface area contributed by atoms with Gasteiger partial charge in [-0.15, -0.1) is 0 Å². The molecule has 2 rings (SSSR count). The molecular formula is C14H13FN4. The van der Waals surface area contributed by atoms with E-state index in [0.29, 0.717) is 23.4 Å². The molecule has 4 nitrogen and oxygen atoms in total. The maximum atomic E-state index is 14.2. The summed E-state index contributed by atoms with van der Waals surface area (Å²) in [5.41, 5.74) is 1.46. The minimum absolute atomic E-state index is 0.176. The molecule has 96 valence electrons. The normalized spacial score (nSPS) is 10.0. The van der Waals surface area contributed by atoms with Gasteiger partial charge in [0.2, 0.25) is 0 Å². The van der Waals surface area contributed by atoms with Crippen LogP contribution in [-0.2, 0) is 6.42 Å². The number of para-hydroxylation sites is 1. The molecule has 0 amide bonds. The van der Waals surface area contributed by atoms with E-state index in [9.17, 15) is 4.39 Å². The van der Waals surface area contributed by atoms with Crippen LogP contribution >= 0.6 is 0 Å². The monoisotopic (exact) mass is 256 g/mol. The molecule has 0 aliphatic heterocycles. The largest absolute Gasteiger partial charge is 0.326 e. The van der Waals surface area contributed by atoms with Crippen LogP contribution in [0.25, 0.3) is 0 Å². The molecule has 0 saturated heterocycles. The predicted molar refractivity (Wildman–Crippen MR) is 70.6 cm³/mol. The van der Waals surface area contributed by atoms with Crippen molar-refractivity contribution in [1.29, 1.82) is 5.26 Å². The maximum absolute atomic E-state index is 14.2. The van der Waals surface area contributed by atoms with Crippen molar-refractivity contribution in [1.82, 2.24) is 9.97 Å². The molecule has 0 aliphatic carbocycles. The molecule has 5 heteroatoms. The first-order chi connectivity index (χ1) is 9.19. The van der Waals surface area contributed by atoms with Gasteiger partial charge in [-0.25, -0.2) is 14.4 Å². The minimum Gasteiger partial charge on any atom is -0.326 e. The fourth-order valence-corrected chi connectivity index (χ4v) is 1.85. The summed E-state index contributed by atoms with van der Waals surface area (Å²) in [6.07, 6.45) is 1.83. The van der Waals surface area contributed by atoms with Crippen LogP contribution in [0.4, 0.5) is 15.9 Å². The van der Waals surface area contributed by atoms with Gasteiger partial charge in [-0.1, -0.05) is 19.1 Å². The molecule has 0 N–H and O–H groups in total. The quantitative estimate of drug-likeness (QED) is 0.847. The zero-order valence-electron chi connectivity index (χ0n) is 10.8. The predicted octanol–water partition coefficient (Wildman–Crippen LogP) is 2.82. The molecular weight excluding hydrogens is 243 g/mol. The van der Waals surface area contributed by atoms with Crippen molar-refractivity contribution in [2.45, 2.75) is 13.3 Å². The molecule has 0 aliphatic rings. The Morgan fingerprint density at radius 2 is 2.05 bits per heavy atom. The minimum atomic E-state index is -0.444. The molecule has 0 saturated carbocycles. The number of nitriles is 1. The summed E-state index contributed by atoms with van der Waals surface area (Å²) in [6.45, 7) is 1.83. The number of hydrogen-bond donors (Lipinski definition) is 0. The molecule has 0 bridgehead atoms. The van der Waals surface area contributed by atoms with Gasteiger partial charge in [-0.05, 0) is 18.6 Å². The van der Waals surface area contributed by atoms with Crippen LogP contribution in [0.3, 0.4) is 0 Å². The van der Waals surface area contributed by atoms with Gasteiger partial charge in [-0.2, -0.15) is 5.26 Å². The average Bonchev–Trinajstić information content (AvgIpc) is 2.46. The fraction of sp³-hybridized carbons (Fsp3) is 0.214. The number of rotatable bonds is 3. The number of nitrogens with zero attached hydrogens (tertiary/aromatic N) is 4. The molecule has 1 aromatic carbocycles. The van der Waals surface area contributed by atoms with Crippen molar-refractivity contribution in [3.63, 3.8) is 0 Å². The molecule has 0 atom stereocenters. The summed E-state index contributed by atoms with van der Waals surface area (Å²) in [4.78, 5) is 9.43. The summed E-state index contributed by atoms with van der Waals surface area (Å²) in [5.74, 6) is -0.269. The van der Waals surface area contributed by atoms with Gasteiger partial charge in [0.15, 0.2) is 11.6 Å². The highest BCUT2D eigenvalue weighted by molar-refractivity contribution is 5.66. The zero-order chi connectivity index (χ0) is 13.8. The fourth-order valence-electron chi connectivity index (χ4n) is 1.85. The second-order valence-corrected chi connectivity index (χ2v) is 4.00. The number of benzene rings is 1. The number of hydrogen-bond acceptors (Lipinski definition) is 4. The lowest BCUT2D eigenvalue weighted by atomic mass is 10.2. The lowest BCUT2D eigenvalue weighted by Crippen LogP contribution is -2.16. The van der Waals surface area contributed by atoms with Crippen LogP contribution in [0.1, 0.15) is 18.2 Å². The number of aryl methyl sites for hydroxylation is 1. The van der Waals surface area contributed by atoms with Crippen LogP contribution in [0.5, 0.6) is 0 Å². The van der Waals surface area contributed by atoms with E-state index in [0.717, 1.165) is 0 Å². The van der Waals surface area contributed by atoms with Gasteiger partial charge in [0, 0.05) is 7.05 Å². The van der Waals surface area contributed by atoms with Crippen molar-refractivity contribution in [2.75, 3.05) is 11.9 Å². The summed E-state index contributed by atoms with van der Waals surface area (Å²) in [5, 5.41) is 9.08. The molecule has 1 heterocycles. The molecule has 19 heavy (non-hydrogen) atoms. The molecule has 2 aromatic rings. The standard InChI is InChI=1S/C14H13FN4/c1-3-11-13(15)14(18-9-17-11)19(2)12-7-5-4-6-10(12)8-16/h4-7,9H,3H2,1-2H3. The molecule has 1 aromatic heterocycles. The molecule has 0 radical (unpaired) electrons. The van der Waals surface area contributed by atoms with E-state index in [1.165, 1.54) is 6.33 Å². The third-order valence-corrected chi connectivity index (χ3v) is 2.88. The first-order valence-corrected chi connectivity index (χ1v) is 5.91. The molecule has 0 unspecified atom stereocenters. The average molecular weight is 256 g/mol. The Morgan fingerprint density at radius 1 is 1.32 bits per heavy atom. The summed E-state index contributed by atoms with van der Waals surface area (Å²) < 4.78 is 14.2. The number of halogens is 1. The molecule has 0 fully saturated rings. The van der Waals surface area contributed by atoms with E-state index in [1.807, 2.05) is 6.92 Å². The Labute approximate surface area is 111 Å². The van der Waals surface area contributed by atoms with Crippen LogP contribution in [0, 0.1) is 17.1 Å². The zero-order valence-corrected chi connectivity index (χ0v) is 10.8. The third-order valence-electron chi connectivity index (χ3n) is 2.88. The van der Waals surface area contributed by atoms with Gasteiger partial charge in [-0.3, -0.25) is 0 Å². The summed E-state index contributed by atoms with van der Waals surface area (Å²) in [6, 6.07) is 9.09. The SMILES string of the molecule is CCc1ncnc(N(C)c2ccccc2C#N)c1F.